The van der Waals surface area contributed by atoms with Gasteiger partial charge in [0.05, 0.1) is 5.69 Å². The predicted molar refractivity (Wildman–Crippen MR) is 96.0 cm³/mol. The first-order valence-corrected chi connectivity index (χ1v) is 7.08. The predicted octanol–water partition coefficient (Wildman–Crippen LogP) is 2.47. The van der Waals surface area contributed by atoms with E-state index in [1.165, 1.54) is 5.69 Å². The van der Waals surface area contributed by atoms with E-state index in [1.54, 1.807) is 0 Å². The quantitative estimate of drug-likeness (QED) is 0.338. The Morgan fingerprint density at radius 1 is 1.40 bits per heavy atom. The molecule has 6 heteroatoms. The number of aliphatic imine (C=N–C) groups is 1. The summed E-state index contributed by atoms with van der Waals surface area (Å²) in [6.07, 6.45) is 0.997. The second-order valence-corrected chi connectivity index (χ2v) is 5.06. The summed E-state index contributed by atoms with van der Waals surface area (Å²) in [4.78, 5) is 4.56. The fourth-order valence-corrected chi connectivity index (χ4v) is 1.91. The lowest BCUT2D eigenvalue weighted by Crippen LogP contribution is -2.41. The van der Waals surface area contributed by atoms with Crippen molar-refractivity contribution in [2.24, 2.45) is 4.99 Å². The van der Waals surface area contributed by atoms with Crippen LogP contribution >= 0.6 is 24.0 Å². The van der Waals surface area contributed by atoms with Crippen LogP contribution in [0.15, 0.2) is 11.1 Å². The van der Waals surface area contributed by atoms with Crippen molar-refractivity contribution in [3.8, 4) is 0 Å². The summed E-state index contributed by atoms with van der Waals surface area (Å²) in [5.41, 5.74) is 2.30. The molecule has 1 aromatic rings. The number of rotatable bonds is 6. The van der Waals surface area contributed by atoms with E-state index in [0.29, 0.717) is 6.04 Å². The average Bonchev–Trinajstić information content (AvgIpc) is 2.63. The van der Waals surface area contributed by atoms with E-state index < -0.39 is 0 Å². The normalized spacial score (nSPS) is 11.4. The van der Waals surface area contributed by atoms with Gasteiger partial charge in [-0.25, -0.2) is 0 Å². The third kappa shape index (κ3) is 7.12. The third-order valence-corrected chi connectivity index (χ3v) is 2.67. The molecule has 116 valence electrons. The van der Waals surface area contributed by atoms with Gasteiger partial charge in [0.25, 0.3) is 0 Å². The Labute approximate surface area is 139 Å². The van der Waals surface area contributed by atoms with Crippen molar-refractivity contribution in [3.63, 3.8) is 0 Å². The van der Waals surface area contributed by atoms with E-state index in [-0.39, 0.29) is 24.0 Å². The lowest BCUT2D eigenvalue weighted by molar-refractivity contribution is 0.566. The molecule has 20 heavy (non-hydrogen) atoms. The Balaban J connectivity index is 0.00000361. The molecule has 0 bridgehead atoms. The Hall–Kier alpha value is -0.790. The highest BCUT2D eigenvalue weighted by Gasteiger charge is 2.01. The van der Waals surface area contributed by atoms with Crippen molar-refractivity contribution >= 4 is 29.9 Å². The van der Waals surface area contributed by atoms with Gasteiger partial charge in [0.15, 0.2) is 5.96 Å². The maximum Gasteiger partial charge on any atom is 0.191 e. The highest BCUT2D eigenvalue weighted by atomic mass is 127. The first-order chi connectivity index (χ1) is 9.02. The molecular formula is C14H28IN5. The molecule has 1 rings (SSSR count). The lowest BCUT2D eigenvalue weighted by Gasteiger charge is -2.13. The molecule has 5 nitrogen and oxygen atoms in total. The summed E-state index contributed by atoms with van der Waals surface area (Å²) in [7, 11) is 0. The zero-order chi connectivity index (χ0) is 14.3. The smallest absolute Gasteiger partial charge is 0.191 e. The fourth-order valence-electron chi connectivity index (χ4n) is 1.91. The number of aromatic nitrogens is 2. The number of nitrogens with one attached hydrogen (secondary N) is 2. The van der Waals surface area contributed by atoms with Gasteiger partial charge in [0.1, 0.15) is 0 Å². The first kappa shape index (κ1) is 19.2. The summed E-state index contributed by atoms with van der Waals surface area (Å²) < 4.78 is 2.05. The molecule has 1 aromatic heterocycles. The molecule has 0 radical (unpaired) electrons. The van der Waals surface area contributed by atoms with Crippen LogP contribution in [0.25, 0.3) is 0 Å². The van der Waals surface area contributed by atoms with Crippen LogP contribution in [0.5, 0.6) is 0 Å². The van der Waals surface area contributed by atoms with Crippen molar-refractivity contribution in [2.75, 3.05) is 13.1 Å². The SMILES string of the molecule is CCNC(=NCCCn1nc(C)cc1C)NC(C)C.I. The Kier molecular flexibility index (Phi) is 9.62. The molecule has 1 heterocycles. The highest BCUT2D eigenvalue weighted by molar-refractivity contribution is 14.0. The van der Waals surface area contributed by atoms with Crippen LogP contribution in [-0.4, -0.2) is 34.9 Å². The second-order valence-electron chi connectivity index (χ2n) is 5.06. The molecule has 0 aliphatic heterocycles. The molecule has 0 amide bonds. The van der Waals surface area contributed by atoms with Gasteiger partial charge in [0, 0.05) is 31.4 Å². The van der Waals surface area contributed by atoms with Gasteiger partial charge >= 0.3 is 0 Å². The van der Waals surface area contributed by atoms with E-state index in [2.05, 4.69) is 54.5 Å². The Morgan fingerprint density at radius 3 is 2.60 bits per heavy atom. The summed E-state index contributed by atoms with van der Waals surface area (Å²) in [6.45, 7) is 13.0. The summed E-state index contributed by atoms with van der Waals surface area (Å²) >= 11 is 0. The fraction of sp³-hybridized carbons (Fsp3) is 0.714. The van der Waals surface area contributed by atoms with Gasteiger partial charge in [-0.2, -0.15) is 5.10 Å². The molecule has 0 aliphatic rings. The average molecular weight is 393 g/mol. The monoisotopic (exact) mass is 393 g/mol. The number of nitrogens with zero attached hydrogens (tertiary/aromatic N) is 3. The molecular weight excluding hydrogens is 365 g/mol. The highest BCUT2D eigenvalue weighted by Crippen LogP contribution is 2.02. The molecule has 2 N–H and O–H groups in total. The molecule has 0 saturated carbocycles. The van der Waals surface area contributed by atoms with Crippen LogP contribution in [0.4, 0.5) is 0 Å². The van der Waals surface area contributed by atoms with Crippen LogP contribution in [0.2, 0.25) is 0 Å². The van der Waals surface area contributed by atoms with E-state index >= 15 is 0 Å². The minimum atomic E-state index is 0. The van der Waals surface area contributed by atoms with Crippen LogP contribution in [0.1, 0.15) is 38.6 Å². The lowest BCUT2D eigenvalue weighted by atomic mass is 10.4. The maximum atomic E-state index is 4.56. The van der Waals surface area contributed by atoms with Crippen molar-refractivity contribution in [3.05, 3.63) is 17.5 Å². The maximum absolute atomic E-state index is 4.56. The number of guanidine groups is 1. The number of hydrogen-bond donors (Lipinski definition) is 2. The van der Waals surface area contributed by atoms with E-state index in [1.807, 2.05) is 11.6 Å². The van der Waals surface area contributed by atoms with E-state index in [9.17, 15) is 0 Å². The van der Waals surface area contributed by atoms with Crippen LogP contribution in [0.3, 0.4) is 0 Å². The van der Waals surface area contributed by atoms with E-state index in [0.717, 1.165) is 37.7 Å². The van der Waals surface area contributed by atoms with Crippen molar-refractivity contribution in [2.45, 2.75) is 53.6 Å². The summed E-state index contributed by atoms with van der Waals surface area (Å²) in [5.74, 6) is 0.894. The molecule has 0 saturated heterocycles. The second kappa shape index (κ2) is 10.0. The Bertz CT molecular complexity index is 412. The van der Waals surface area contributed by atoms with Gasteiger partial charge < -0.3 is 10.6 Å². The molecule has 0 spiro atoms. The van der Waals surface area contributed by atoms with Gasteiger partial charge in [-0.05, 0) is 47.1 Å². The Morgan fingerprint density at radius 2 is 2.10 bits per heavy atom. The topological polar surface area (TPSA) is 54.2 Å². The molecule has 0 atom stereocenters. The van der Waals surface area contributed by atoms with Crippen molar-refractivity contribution in [1.29, 1.82) is 0 Å². The van der Waals surface area contributed by atoms with E-state index in [4.69, 9.17) is 0 Å². The van der Waals surface area contributed by atoms with Gasteiger partial charge in [0.2, 0.25) is 0 Å². The third-order valence-electron chi connectivity index (χ3n) is 2.67. The van der Waals surface area contributed by atoms with Crippen LogP contribution in [0, 0.1) is 13.8 Å². The van der Waals surface area contributed by atoms with Gasteiger partial charge in [-0.15, -0.1) is 24.0 Å². The van der Waals surface area contributed by atoms with Crippen LogP contribution < -0.4 is 10.6 Å². The summed E-state index contributed by atoms with van der Waals surface area (Å²) in [5, 5.41) is 11.0. The largest absolute Gasteiger partial charge is 0.357 e. The zero-order valence-electron chi connectivity index (χ0n) is 13.2. The molecule has 0 fully saturated rings. The molecule has 0 aliphatic carbocycles. The summed E-state index contributed by atoms with van der Waals surface area (Å²) in [6, 6.07) is 2.50. The van der Waals surface area contributed by atoms with Crippen molar-refractivity contribution in [1.82, 2.24) is 20.4 Å². The number of halogens is 1. The zero-order valence-corrected chi connectivity index (χ0v) is 15.6. The van der Waals surface area contributed by atoms with Crippen LogP contribution in [-0.2, 0) is 6.54 Å². The van der Waals surface area contributed by atoms with Crippen molar-refractivity contribution < 1.29 is 0 Å². The van der Waals surface area contributed by atoms with Gasteiger partial charge in [-0.1, -0.05) is 0 Å². The molecule has 0 unspecified atom stereocenters. The minimum absolute atomic E-state index is 0. The number of hydrogen-bond acceptors (Lipinski definition) is 2. The number of aryl methyl sites for hydroxylation is 3. The first-order valence-electron chi connectivity index (χ1n) is 7.08. The van der Waals surface area contributed by atoms with Gasteiger partial charge in [-0.3, -0.25) is 9.67 Å². The molecule has 0 aromatic carbocycles. The standard InChI is InChI=1S/C14H27N5.HI/c1-6-15-14(17-11(2)3)16-8-7-9-19-13(5)10-12(4)18-19;/h10-11H,6-9H2,1-5H3,(H2,15,16,17);1H. The minimum Gasteiger partial charge on any atom is -0.357 e.